The third-order valence-electron chi connectivity index (χ3n) is 11.8. The molecule has 0 amide bonds. The van der Waals surface area contributed by atoms with Crippen LogP contribution in [0, 0.1) is 51.2 Å². The van der Waals surface area contributed by atoms with Gasteiger partial charge in [0.05, 0.1) is 6.04 Å². The number of nitroso groups, excluding NO2 is 1. The number of allylic oxidation sites excluding steroid dienone is 3. The van der Waals surface area contributed by atoms with E-state index < -0.39 is 0 Å². The molecule has 3 heteroatoms. The SMILES string of the molecule is C=C1CC2(C(=C)C)CCC3C(N)(CCC4C5CCC(N=O)C(C)C5CCC43C)C2=C1C(C)C.CC. The van der Waals surface area contributed by atoms with Crippen LogP contribution in [-0.4, -0.2) is 11.6 Å². The minimum atomic E-state index is -0.235. The summed E-state index contributed by atoms with van der Waals surface area (Å²) in [7, 11) is 0. The largest absolute Gasteiger partial charge is 0.321 e. The molecule has 35 heavy (non-hydrogen) atoms. The summed E-state index contributed by atoms with van der Waals surface area (Å²) in [6.07, 6.45) is 10.4. The average Bonchev–Trinajstić information content (AvgIpc) is 3.15. The molecule has 0 aliphatic heterocycles. The van der Waals surface area contributed by atoms with Crippen molar-refractivity contribution in [2.75, 3.05) is 0 Å². The molecule has 0 radical (unpaired) electrons. The van der Waals surface area contributed by atoms with Crippen molar-refractivity contribution >= 4 is 0 Å². The first kappa shape index (κ1) is 26.8. The molecule has 5 aliphatic carbocycles. The van der Waals surface area contributed by atoms with Gasteiger partial charge in [-0.05, 0) is 117 Å². The zero-order valence-corrected chi connectivity index (χ0v) is 23.8. The Labute approximate surface area is 215 Å². The van der Waals surface area contributed by atoms with Crippen LogP contribution < -0.4 is 5.73 Å². The lowest BCUT2D eigenvalue weighted by molar-refractivity contribution is -0.123. The molecular formula is C32H52N2O. The van der Waals surface area contributed by atoms with Gasteiger partial charge in [-0.2, -0.15) is 4.91 Å². The first-order chi connectivity index (χ1) is 16.5. The Morgan fingerprint density at radius 3 is 2.34 bits per heavy atom. The van der Waals surface area contributed by atoms with Crippen molar-refractivity contribution in [1.29, 1.82) is 0 Å². The molecule has 9 unspecified atom stereocenters. The predicted molar refractivity (Wildman–Crippen MR) is 149 cm³/mol. The second kappa shape index (κ2) is 9.26. The summed E-state index contributed by atoms with van der Waals surface area (Å²) in [6, 6.07) is 0.0296. The first-order valence-electron chi connectivity index (χ1n) is 14.7. The fourth-order valence-electron chi connectivity index (χ4n) is 10.4. The van der Waals surface area contributed by atoms with Gasteiger partial charge in [0.1, 0.15) is 0 Å². The molecule has 196 valence electrons. The van der Waals surface area contributed by atoms with E-state index in [-0.39, 0.29) is 22.4 Å². The Morgan fingerprint density at radius 1 is 1.06 bits per heavy atom. The third-order valence-corrected chi connectivity index (χ3v) is 11.8. The van der Waals surface area contributed by atoms with Crippen LogP contribution in [0.25, 0.3) is 0 Å². The van der Waals surface area contributed by atoms with Gasteiger partial charge in [-0.3, -0.25) is 0 Å². The maximum absolute atomic E-state index is 11.4. The Hall–Kier alpha value is -1.22. The highest BCUT2D eigenvalue weighted by Crippen LogP contribution is 2.71. The molecule has 2 N–H and O–H groups in total. The second-order valence-electron chi connectivity index (χ2n) is 13.3. The molecule has 3 nitrogen and oxygen atoms in total. The predicted octanol–water partition coefficient (Wildman–Crippen LogP) is 8.60. The molecule has 0 saturated heterocycles. The molecule has 0 aromatic heterocycles. The van der Waals surface area contributed by atoms with Gasteiger partial charge >= 0.3 is 0 Å². The van der Waals surface area contributed by atoms with Gasteiger partial charge in [0.2, 0.25) is 0 Å². The lowest BCUT2D eigenvalue weighted by Crippen LogP contribution is -2.67. The van der Waals surface area contributed by atoms with E-state index in [1.54, 1.807) is 5.57 Å². The van der Waals surface area contributed by atoms with E-state index >= 15 is 0 Å². The van der Waals surface area contributed by atoms with E-state index in [0.29, 0.717) is 23.7 Å². The van der Waals surface area contributed by atoms with Gasteiger partial charge in [0.25, 0.3) is 0 Å². The van der Waals surface area contributed by atoms with Crippen molar-refractivity contribution in [1.82, 2.24) is 0 Å². The monoisotopic (exact) mass is 480 g/mol. The van der Waals surface area contributed by atoms with Gasteiger partial charge in [-0.25, -0.2) is 0 Å². The van der Waals surface area contributed by atoms with Crippen molar-refractivity contribution in [3.05, 3.63) is 40.4 Å². The summed E-state index contributed by atoms with van der Waals surface area (Å²) in [5.41, 5.74) is 13.4. The van der Waals surface area contributed by atoms with E-state index in [1.807, 2.05) is 13.8 Å². The van der Waals surface area contributed by atoms with Crippen LogP contribution in [0.2, 0.25) is 0 Å². The Bertz CT molecular complexity index is 917. The van der Waals surface area contributed by atoms with Gasteiger partial charge in [-0.1, -0.05) is 71.0 Å². The fourth-order valence-corrected chi connectivity index (χ4v) is 10.4. The summed E-state index contributed by atoms with van der Waals surface area (Å²) in [5.74, 6) is 3.57. The highest BCUT2D eigenvalue weighted by molar-refractivity contribution is 5.56. The Morgan fingerprint density at radius 2 is 1.74 bits per heavy atom. The van der Waals surface area contributed by atoms with Crippen molar-refractivity contribution < 1.29 is 0 Å². The van der Waals surface area contributed by atoms with E-state index in [0.717, 1.165) is 31.1 Å². The standard InChI is InChI=1S/C30H46N2O.C2H6/c1-17(2)26-19(5)16-29(18(3)4)14-12-25-28(7)13-10-21-20(6)24(32-33)9-8-22(21)23(28)11-15-30(25,31)27(26)29;1-2/h17,20-25H,3,5,8-16,31H2,1-2,4,6-7H3;1-2H3. The highest BCUT2D eigenvalue weighted by atomic mass is 16.3. The molecule has 4 fully saturated rings. The molecule has 4 saturated carbocycles. The smallest absolute Gasteiger partial charge is 0.0948 e. The van der Waals surface area contributed by atoms with E-state index in [1.165, 1.54) is 55.2 Å². The Kier molecular flexibility index (Phi) is 7.10. The number of hydrogen-bond acceptors (Lipinski definition) is 3. The zero-order valence-electron chi connectivity index (χ0n) is 23.8. The lowest BCUT2D eigenvalue weighted by Gasteiger charge is -2.66. The van der Waals surface area contributed by atoms with Crippen LogP contribution in [0.1, 0.15) is 106 Å². The second-order valence-corrected chi connectivity index (χ2v) is 13.3. The van der Waals surface area contributed by atoms with Crippen molar-refractivity contribution in [2.24, 2.45) is 57.2 Å². The van der Waals surface area contributed by atoms with Crippen LogP contribution in [-0.2, 0) is 0 Å². The fraction of sp³-hybridized carbons (Fsp3) is 0.812. The molecule has 9 atom stereocenters. The number of nitrogens with zero attached hydrogens (tertiary/aromatic N) is 1. The number of hydrogen-bond donors (Lipinski definition) is 1. The molecule has 5 aliphatic rings. The highest BCUT2D eigenvalue weighted by Gasteiger charge is 2.66. The van der Waals surface area contributed by atoms with Crippen molar-refractivity contribution in [3.63, 3.8) is 0 Å². The molecule has 0 spiro atoms. The topological polar surface area (TPSA) is 55.4 Å². The molecule has 0 aromatic carbocycles. The Balaban J connectivity index is 0.00000141. The summed E-state index contributed by atoms with van der Waals surface area (Å²) >= 11 is 0. The summed E-state index contributed by atoms with van der Waals surface area (Å²) in [4.78, 5) is 11.4. The van der Waals surface area contributed by atoms with Gasteiger partial charge < -0.3 is 5.73 Å². The zero-order chi connectivity index (χ0) is 25.9. The van der Waals surface area contributed by atoms with Crippen LogP contribution in [0.5, 0.6) is 0 Å². The van der Waals surface area contributed by atoms with Crippen LogP contribution >= 0.6 is 0 Å². The van der Waals surface area contributed by atoms with E-state index in [9.17, 15) is 4.91 Å². The minimum Gasteiger partial charge on any atom is -0.321 e. The number of fused-ring (bicyclic) bond motifs is 7. The molecule has 0 aromatic rings. The van der Waals surface area contributed by atoms with E-state index in [2.05, 4.69) is 53.0 Å². The van der Waals surface area contributed by atoms with Crippen molar-refractivity contribution in [3.8, 4) is 0 Å². The van der Waals surface area contributed by atoms with Gasteiger partial charge in [-0.15, -0.1) is 0 Å². The first-order valence-corrected chi connectivity index (χ1v) is 14.7. The summed E-state index contributed by atoms with van der Waals surface area (Å²) < 4.78 is 0. The average molecular weight is 481 g/mol. The maximum Gasteiger partial charge on any atom is 0.0948 e. The summed E-state index contributed by atoms with van der Waals surface area (Å²) in [6.45, 7) is 24.9. The van der Waals surface area contributed by atoms with Crippen LogP contribution in [0.4, 0.5) is 0 Å². The lowest BCUT2D eigenvalue weighted by atomic mass is 9.39. The molecule has 0 heterocycles. The van der Waals surface area contributed by atoms with Crippen LogP contribution in [0.15, 0.2) is 40.6 Å². The van der Waals surface area contributed by atoms with Gasteiger partial charge in [0, 0.05) is 11.0 Å². The minimum absolute atomic E-state index is 0.0296. The molecular weight excluding hydrogens is 428 g/mol. The molecule has 0 bridgehead atoms. The quantitative estimate of drug-likeness (QED) is 0.325. The van der Waals surface area contributed by atoms with Gasteiger partial charge in [0.15, 0.2) is 0 Å². The van der Waals surface area contributed by atoms with Crippen LogP contribution in [0.3, 0.4) is 0 Å². The number of rotatable bonds is 3. The molecule has 5 rings (SSSR count). The summed E-state index contributed by atoms with van der Waals surface area (Å²) in [5, 5.41) is 3.52. The normalized spacial score (nSPS) is 46.6. The number of nitrogens with two attached hydrogens (primary N) is 1. The maximum atomic E-state index is 11.4. The van der Waals surface area contributed by atoms with Crippen molar-refractivity contribution in [2.45, 2.75) is 118 Å². The van der Waals surface area contributed by atoms with E-state index in [4.69, 9.17) is 5.73 Å². The third kappa shape index (κ3) is 3.61.